The Morgan fingerprint density at radius 2 is 2.09 bits per heavy atom. The number of benzene rings is 1. The summed E-state index contributed by atoms with van der Waals surface area (Å²) < 4.78 is 0. The molecule has 0 atom stereocenters. The van der Waals surface area contributed by atoms with Crippen LogP contribution in [0.3, 0.4) is 0 Å². The highest BCUT2D eigenvalue weighted by atomic mass is 32.2. The Balaban J connectivity index is 3.01. The molecule has 1 aromatic carbocycles. The van der Waals surface area contributed by atoms with Crippen LogP contribution in [0, 0.1) is 13.8 Å². The number of carbonyl (C=O) groups excluding carboxylic acids is 1. The number of aryl methyl sites for hydroxylation is 2. The average Bonchev–Trinajstić information content (AvgIpc) is 1.98. The fourth-order valence-electron chi connectivity index (χ4n) is 0.886. The molecule has 1 nitrogen and oxygen atoms in total. The van der Waals surface area contributed by atoms with Gasteiger partial charge in [-0.05, 0) is 31.0 Å². The Morgan fingerprint density at radius 3 is 2.73 bits per heavy atom. The maximum atomic E-state index is 10.2. The van der Waals surface area contributed by atoms with E-state index in [4.69, 9.17) is 0 Å². The number of rotatable bonds is 2. The first-order valence-electron chi connectivity index (χ1n) is 3.41. The highest BCUT2D eigenvalue weighted by Crippen LogP contribution is 2.20. The van der Waals surface area contributed by atoms with Gasteiger partial charge in [0.25, 0.3) is 0 Å². The molecule has 0 radical (unpaired) electrons. The highest BCUT2D eigenvalue weighted by molar-refractivity contribution is 8.11. The van der Waals surface area contributed by atoms with Gasteiger partial charge in [0.1, 0.15) is 0 Å². The zero-order valence-electron chi connectivity index (χ0n) is 6.63. The van der Waals surface area contributed by atoms with Crippen molar-refractivity contribution >= 4 is 17.4 Å². The average molecular weight is 166 g/mol. The molecule has 0 spiro atoms. The lowest BCUT2D eigenvalue weighted by Crippen LogP contribution is -1.80. The monoisotopic (exact) mass is 166 g/mol. The maximum absolute atomic E-state index is 10.2. The summed E-state index contributed by atoms with van der Waals surface area (Å²) in [6.45, 7) is 4.03. The van der Waals surface area contributed by atoms with Crippen LogP contribution in [-0.2, 0) is 4.79 Å². The van der Waals surface area contributed by atoms with Crippen molar-refractivity contribution in [1.29, 1.82) is 0 Å². The minimum absolute atomic E-state index is 0.863. The van der Waals surface area contributed by atoms with Crippen LogP contribution in [0.1, 0.15) is 11.1 Å². The number of carbonyl (C=O) groups is 1. The lowest BCUT2D eigenvalue weighted by atomic mass is 10.2. The summed E-state index contributed by atoms with van der Waals surface area (Å²) in [5, 5.41) is 0. The third-order valence-electron chi connectivity index (χ3n) is 1.52. The van der Waals surface area contributed by atoms with Gasteiger partial charge in [0.15, 0.2) is 5.62 Å². The first-order chi connectivity index (χ1) is 5.24. The smallest absolute Gasteiger partial charge is 0.180 e. The Kier molecular flexibility index (Phi) is 2.71. The van der Waals surface area contributed by atoms with Gasteiger partial charge in [0.2, 0.25) is 0 Å². The van der Waals surface area contributed by atoms with E-state index in [9.17, 15) is 4.79 Å². The zero-order chi connectivity index (χ0) is 8.27. The molecule has 11 heavy (non-hydrogen) atoms. The van der Waals surface area contributed by atoms with Crippen molar-refractivity contribution < 1.29 is 4.79 Å². The van der Waals surface area contributed by atoms with Crippen molar-refractivity contribution in [2.75, 3.05) is 0 Å². The second-order valence-corrected chi connectivity index (χ2v) is 3.35. The van der Waals surface area contributed by atoms with Gasteiger partial charge >= 0.3 is 0 Å². The van der Waals surface area contributed by atoms with E-state index in [1.807, 2.05) is 32.0 Å². The quantitative estimate of drug-likeness (QED) is 0.496. The predicted molar refractivity (Wildman–Crippen MR) is 48.5 cm³/mol. The molecule has 0 fully saturated rings. The molecule has 1 aromatic rings. The molecule has 0 aromatic heterocycles. The highest BCUT2D eigenvalue weighted by Gasteiger charge is 1.96. The molecular weight excluding hydrogens is 156 g/mol. The SMILES string of the molecule is Cc1ccc(C)c(SC=O)c1. The summed E-state index contributed by atoms with van der Waals surface area (Å²) in [6.07, 6.45) is 0. The molecule has 0 unspecified atom stereocenters. The Labute approximate surface area is 70.8 Å². The Morgan fingerprint density at radius 1 is 1.36 bits per heavy atom. The summed E-state index contributed by atoms with van der Waals surface area (Å²) >= 11 is 1.24. The lowest BCUT2D eigenvalue weighted by Gasteiger charge is -2.00. The fourth-order valence-corrected chi connectivity index (χ4v) is 1.50. The van der Waals surface area contributed by atoms with Gasteiger partial charge in [-0.3, -0.25) is 4.79 Å². The number of thioether (sulfide) groups is 1. The van der Waals surface area contributed by atoms with Crippen molar-refractivity contribution in [2.45, 2.75) is 18.7 Å². The molecule has 0 aliphatic heterocycles. The third kappa shape index (κ3) is 2.09. The second kappa shape index (κ2) is 3.58. The summed E-state index contributed by atoms with van der Waals surface area (Å²) in [5.74, 6) is 0. The molecule has 0 N–H and O–H groups in total. The topological polar surface area (TPSA) is 17.1 Å². The predicted octanol–water partition coefficient (Wildman–Crippen LogP) is 2.59. The van der Waals surface area contributed by atoms with E-state index in [1.165, 1.54) is 17.3 Å². The van der Waals surface area contributed by atoms with Crippen molar-refractivity contribution in [3.63, 3.8) is 0 Å². The van der Waals surface area contributed by atoms with Crippen LogP contribution in [-0.4, -0.2) is 5.62 Å². The molecule has 0 saturated carbocycles. The summed E-state index contributed by atoms with van der Waals surface area (Å²) in [5.41, 5.74) is 3.22. The van der Waals surface area contributed by atoms with E-state index in [-0.39, 0.29) is 0 Å². The van der Waals surface area contributed by atoms with Crippen LogP contribution in [0.4, 0.5) is 0 Å². The van der Waals surface area contributed by atoms with Crippen molar-refractivity contribution in [3.05, 3.63) is 29.3 Å². The van der Waals surface area contributed by atoms with Crippen LogP contribution in [0.2, 0.25) is 0 Å². The normalized spacial score (nSPS) is 9.64. The first kappa shape index (κ1) is 8.34. The van der Waals surface area contributed by atoms with Gasteiger partial charge in [-0.2, -0.15) is 0 Å². The summed E-state index contributed by atoms with van der Waals surface area (Å²) in [7, 11) is 0. The van der Waals surface area contributed by atoms with Crippen molar-refractivity contribution in [3.8, 4) is 0 Å². The van der Waals surface area contributed by atoms with E-state index in [0.717, 1.165) is 16.1 Å². The largest absolute Gasteiger partial charge is 0.291 e. The third-order valence-corrected chi connectivity index (χ3v) is 2.31. The van der Waals surface area contributed by atoms with Crippen molar-refractivity contribution in [2.24, 2.45) is 0 Å². The lowest BCUT2D eigenvalue weighted by molar-refractivity contribution is 0.570. The Bertz CT molecular complexity index is 268. The summed E-state index contributed by atoms with van der Waals surface area (Å²) in [4.78, 5) is 11.3. The molecule has 58 valence electrons. The molecular formula is C9H10OS. The molecule has 0 saturated heterocycles. The molecule has 0 aliphatic carbocycles. The molecule has 1 rings (SSSR count). The minimum Gasteiger partial charge on any atom is -0.291 e. The standard InChI is InChI=1S/C9H10OS/c1-7-3-4-8(2)9(5-7)11-6-10/h3-6H,1-2H3. The molecule has 0 aliphatic rings. The maximum Gasteiger partial charge on any atom is 0.180 e. The number of hydrogen-bond donors (Lipinski definition) is 0. The Hall–Kier alpha value is -0.760. The van der Waals surface area contributed by atoms with Crippen LogP contribution in [0.25, 0.3) is 0 Å². The van der Waals surface area contributed by atoms with E-state index < -0.39 is 0 Å². The van der Waals surface area contributed by atoms with Crippen LogP contribution >= 0.6 is 11.8 Å². The molecule has 2 heteroatoms. The zero-order valence-corrected chi connectivity index (χ0v) is 7.44. The van der Waals surface area contributed by atoms with Gasteiger partial charge in [0, 0.05) is 4.90 Å². The fraction of sp³-hybridized carbons (Fsp3) is 0.222. The summed E-state index contributed by atoms with van der Waals surface area (Å²) in [6, 6.07) is 6.10. The van der Waals surface area contributed by atoms with Crippen LogP contribution < -0.4 is 0 Å². The second-order valence-electron chi connectivity index (χ2n) is 2.48. The molecule has 0 bridgehead atoms. The van der Waals surface area contributed by atoms with Crippen LogP contribution in [0.15, 0.2) is 23.1 Å². The van der Waals surface area contributed by atoms with Gasteiger partial charge < -0.3 is 0 Å². The van der Waals surface area contributed by atoms with Gasteiger partial charge in [-0.1, -0.05) is 23.9 Å². The van der Waals surface area contributed by atoms with E-state index in [1.54, 1.807) is 0 Å². The van der Waals surface area contributed by atoms with E-state index in [2.05, 4.69) is 0 Å². The van der Waals surface area contributed by atoms with Gasteiger partial charge in [-0.25, -0.2) is 0 Å². The molecule has 0 heterocycles. The molecule has 0 amide bonds. The number of hydrogen-bond acceptors (Lipinski definition) is 2. The minimum atomic E-state index is 0.863. The van der Waals surface area contributed by atoms with Crippen molar-refractivity contribution in [1.82, 2.24) is 0 Å². The van der Waals surface area contributed by atoms with Gasteiger partial charge in [0.05, 0.1) is 0 Å². The van der Waals surface area contributed by atoms with E-state index >= 15 is 0 Å². The van der Waals surface area contributed by atoms with Crippen LogP contribution in [0.5, 0.6) is 0 Å². The van der Waals surface area contributed by atoms with E-state index in [0.29, 0.717) is 0 Å². The van der Waals surface area contributed by atoms with Gasteiger partial charge in [-0.15, -0.1) is 0 Å². The first-order valence-corrected chi connectivity index (χ1v) is 4.29.